The van der Waals surface area contributed by atoms with Crippen LogP contribution in [0, 0.1) is 0 Å². The van der Waals surface area contributed by atoms with Gasteiger partial charge in [-0.05, 0) is 43.2 Å². The maximum absolute atomic E-state index is 11.5. The molecule has 0 aliphatic carbocycles. The van der Waals surface area contributed by atoms with Crippen LogP contribution in [0.4, 0.5) is 4.79 Å². The third-order valence-electron chi connectivity index (χ3n) is 1.82. The molecule has 1 aromatic heterocycles. The first-order chi connectivity index (χ1) is 7.79. The number of rotatable bonds is 3. The first-order valence-electron chi connectivity index (χ1n) is 5.10. The highest BCUT2D eigenvalue weighted by atomic mass is 32.1. The summed E-state index contributed by atoms with van der Waals surface area (Å²) in [5.41, 5.74) is 5.29. The lowest BCUT2D eigenvalue weighted by molar-refractivity contribution is -0.120. The lowest BCUT2D eigenvalue weighted by Crippen LogP contribution is -2.40. The van der Waals surface area contributed by atoms with Gasteiger partial charge in [-0.3, -0.25) is 4.79 Å². The number of amides is 2. The van der Waals surface area contributed by atoms with Crippen molar-refractivity contribution in [1.29, 1.82) is 0 Å². The molecule has 0 saturated carbocycles. The Balaban J connectivity index is 2.69. The monoisotopic (exact) mass is 256 g/mol. The minimum absolute atomic E-state index is 0.610. The van der Waals surface area contributed by atoms with Crippen LogP contribution in [0.15, 0.2) is 16.8 Å². The second kappa shape index (κ2) is 5.18. The van der Waals surface area contributed by atoms with E-state index in [4.69, 9.17) is 10.5 Å². The topological polar surface area (TPSA) is 81.4 Å². The molecule has 0 saturated heterocycles. The van der Waals surface area contributed by atoms with Crippen LogP contribution in [-0.2, 0) is 9.53 Å². The zero-order valence-corrected chi connectivity index (χ0v) is 10.8. The average molecular weight is 256 g/mol. The Labute approximate surface area is 104 Å². The Morgan fingerprint density at radius 3 is 2.53 bits per heavy atom. The maximum Gasteiger partial charge on any atom is 0.408 e. The van der Waals surface area contributed by atoms with E-state index in [1.165, 1.54) is 11.3 Å². The Morgan fingerprint density at radius 2 is 2.12 bits per heavy atom. The van der Waals surface area contributed by atoms with Gasteiger partial charge in [0.25, 0.3) is 0 Å². The smallest absolute Gasteiger partial charge is 0.408 e. The van der Waals surface area contributed by atoms with Crippen molar-refractivity contribution in [2.24, 2.45) is 5.73 Å². The molecule has 0 aliphatic heterocycles. The van der Waals surface area contributed by atoms with E-state index < -0.39 is 23.6 Å². The number of primary amides is 1. The van der Waals surface area contributed by atoms with Crippen molar-refractivity contribution in [2.45, 2.75) is 32.4 Å². The SMILES string of the molecule is CC(C)(C)OC(=O)N[C@@H](C(N)=O)c1ccsc1. The van der Waals surface area contributed by atoms with Crippen molar-refractivity contribution in [3.63, 3.8) is 0 Å². The van der Waals surface area contributed by atoms with Crippen LogP contribution in [0.1, 0.15) is 32.4 Å². The van der Waals surface area contributed by atoms with Crippen molar-refractivity contribution in [3.05, 3.63) is 22.4 Å². The van der Waals surface area contributed by atoms with Crippen molar-refractivity contribution >= 4 is 23.3 Å². The van der Waals surface area contributed by atoms with E-state index in [0.29, 0.717) is 5.56 Å². The second-order valence-corrected chi connectivity index (χ2v) is 5.32. The van der Waals surface area contributed by atoms with E-state index in [9.17, 15) is 9.59 Å². The summed E-state index contributed by atoms with van der Waals surface area (Å²) >= 11 is 1.43. The average Bonchev–Trinajstić information content (AvgIpc) is 2.63. The molecule has 0 fully saturated rings. The van der Waals surface area contributed by atoms with Gasteiger partial charge < -0.3 is 15.8 Å². The fourth-order valence-electron chi connectivity index (χ4n) is 1.18. The number of nitrogens with one attached hydrogen (secondary N) is 1. The van der Waals surface area contributed by atoms with Gasteiger partial charge in [-0.1, -0.05) is 0 Å². The minimum atomic E-state index is -0.851. The lowest BCUT2D eigenvalue weighted by atomic mass is 10.1. The molecular formula is C11H16N2O3S. The highest BCUT2D eigenvalue weighted by Crippen LogP contribution is 2.17. The van der Waals surface area contributed by atoms with E-state index in [0.717, 1.165) is 0 Å². The standard InChI is InChI=1S/C11H16N2O3S/c1-11(2,3)16-10(15)13-8(9(12)14)7-4-5-17-6-7/h4-6,8H,1-3H3,(H2,12,14)(H,13,15)/t8-/m1/s1. The summed E-state index contributed by atoms with van der Waals surface area (Å²) in [7, 11) is 0. The highest BCUT2D eigenvalue weighted by molar-refractivity contribution is 7.08. The Morgan fingerprint density at radius 1 is 1.47 bits per heavy atom. The minimum Gasteiger partial charge on any atom is -0.444 e. The van der Waals surface area contributed by atoms with E-state index in [-0.39, 0.29) is 0 Å². The van der Waals surface area contributed by atoms with Crippen LogP contribution < -0.4 is 11.1 Å². The molecular weight excluding hydrogens is 240 g/mol. The predicted octanol–water partition coefficient (Wildman–Crippen LogP) is 1.80. The molecule has 0 unspecified atom stereocenters. The van der Waals surface area contributed by atoms with Gasteiger partial charge >= 0.3 is 6.09 Å². The third-order valence-corrected chi connectivity index (χ3v) is 2.52. The number of alkyl carbamates (subject to hydrolysis) is 1. The van der Waals surface area contributed by atoms with Crippen molar-refractivity contribution < 1.29 is 14.3 Å². The summed E-state index contributed by atoms with van der Waals surface area (Å²) in [4.78, 5) is 22.8. The highest BCUT2D eigenvalue weighted by Gasteiger charge is 2.24. The van der Waals surface area contributed by atoms with Gasteiger partial charge in [-0.2, -0.15) is 11.3 Å². The number of hydrogen-bond acceptors (Lipinski definition) is 4. The van der Waals surface area contributed by atoms with Crippen molar-refractivity contribution in [1.82, 2.24) is 5.32 Å². The predicted molar refractivity (Wildman–Crippen MR) is 65.6 cm³/mol. The number of thiophene rings is 1. The van der Waals surface area contributed by atoms with Gasteiger partial charge in [0.15, 0.2) is 0 Å². The Kier molecular flexibility index (Phi) is 4.11. The molecule has 3 N–H and O–H groups in total. The normalized spacial score (nSPS) is 12.9. The molecule has 94 valence electrons. The van der Waals surface area contributed by atoms with Crippen LogP contribution in [0.3, 0.4) is 0 Å². The first kappa shape index (κ1) is 13.5. The maximum atomic E-state index is 11.5. The van der Waals surface area contributed by atoms with Crippen LogP contribution in [-0.4, -0.2) is 17.6 Å². The van der Waals surface area contributed by atoms with Gasteiger partial charge in [0, 0.05) is 0 Å². The van der Waals surface area contributed by atoms with Gasteiger partial charge in [-0.25, -0.2) is 4.79 Å². The molecule has 0 aliphatic rings. The molecule has 0 bridgehead atoms. The van der Waals surface area contributed by atoms with E-state index >= 15 is 0 Å². The molecule has 6 heteroatoms. The van der Waals surface area contributed by atoms with E-state index in [1.807, 2.05) is 5.38 Å². The summed E-state index contributed by atoms with van der Waals surface area (Å²) in [5.74, 6) is -0.616. The zero-order valence-electron chi connectivity index (χ0n) is 10.0. The van der Waals surface area contributed by atoms with Gasteiger partial charge in [0.1, 0.15) is 11.6 Å². The van der Waals surface area contributed by atoms with Crippen molar-refractivity contribution in [2.75, 3.05) is 0 Å². The summed E-state index contributed by atoms with van der Waals surface area (Å²) < 4.78 is 5.06. The second-order valence-electron chi connectivity index (χ2n) is 4.54. The van der Waals surface area contributed by atoms with Gasteiger partial charge in [-0.15, -0.1) is 0 Å². The molecule has 0 spiro atoms. The number of carbonyl (C=O) groups excluding carboxylic acids is 2. The third kappa shape index (κ3) is 4.44. The molecule has 0 aromatic carbocycles. The Bertz CT molecular complexity index is 395. The molecule has 1 rings (SSSR count). The summed E-state index contributed by atoms with van der Waals surface area (Å²) in [6.07, 6.45) is -0.660. The van der Waals surface area contributed by atoms with Gasteiger partial charge in [0.2, 0.25) is 5.91 Å². The summed E-state index contributed by atoms with van der Waals surface area (Å²) in [6.45, 7) is 5.24. The summed E-state index contributed by atoms with van der Waals surface area (Å²) in [6, 6.07) is 0.883. The number of ether oxygens (including phenoxy) is 1. The van der Waals surface area contributed by atoms with Crippen molar-refractivity contribution in [3.8, 4) is 0 Å². The van der Waals surface area contributed by atoms with Crippen LogP contribution in [0.5, 0.6) is 0 Å². The molecule has 2 amide bonds. The van der Waals surface area contributed by atoms with Crippen LogP contribution >= 0.6 is 11.3 Å². The first-order valence-corrected chi connectivity index (χ1v) is 6.05. The molecule has 17 heavy (non-hydrogen) atoms. The molecule has 0 radical (unpaired) electrons. The lowest BCUT2D eigenvalue weighted by Gasteiger charge is -2.22. The number of carbonyl (C=O) groups is 2. The van der Waals surface area contributed by atoms with E-state index in [1.54, 1.807) is 32.2 Å². The molecule has 1 atom stereocenters. The molecule has 1 aromatic rings. The fourth-order valence-corrected chi connectivity index (χ4v) is 1.87. The van der Waals surface area contributed by atoms with E-state index in [2.05, 4.69) is 5.32 Å². The van der Waals surface area contributed by atoms with Crippen LogP contribution in [0.25, 0.3) is 0 Å². The summed E-state index contributed by atoms with van der Waals surface area (Å²) in [5, 5.41) is 6.01. The fraction of sp³-hybridized carbons (Fsp3) is 0.455. The zero-order chi connectivity index (χ0) is 13.1. The molecule has 5 nitrogen and oxygen atoms in total. The largest absolute Gasteiger partial charge is 0.444 e. The number of hydrogen-bond donors (Lipinski definition) is 2. The van der Waals surface area contributed by atoms with Crippen LogP contribution in [0.2, 0.25) is 0 Å². The van der Waals surface area contributed by atoms with Gasteiger partial charge in [0.05, 0.1) is 0 Å². The quantitative estimate of drug-likeness (QED) is 0.865. The Hall–Kier alpha value is -1.56. The number of nitrogens with two attached hydrogens (primary N) is 1. The molecule has 1 heterocycles.